The first-order chi connectivity index (χ1) is 8.70. The van der Waals surface area contributed by atoms with Crippen molar-refractivity contribution in [1.29, 1.82) is 0 Å². The van der Waals surface area contributed by atoms with Gasteiger partial charge in [0.05, 0.1) is 0 Å². The highest BCUT2D eigenvalue weighted by Crippen LogP contribution is 2.27. The molecule has 1 aromatic heterocycles. The highest BCUT2D eigenvalue weighted by Gasteiger charge is 2.06. The van der Waals surface area contributed by atoms with Crippen molar-refractivity contribution in [3.8, 4) is 10.6 Å². The lowest BCUT2D eigenvalue weighted by Gasteiger charge is -2.04. The zero-order chi connectivity index (χ0) is 13.0. The van der Waals surface area contributed by atoms with E-state index >= 15 is 0 Å². The van der Waals surface area contributed by atoms with Crippen LogP contribution in [0.5, 0.6) is 0 Å². The topological polar surface area (TPSA) is 37.8 Å². The van der Waals surface area contributed by atoms with Crippen LogP contribution in [-0.2, 0) is 0 Å². The van der Waals surface area contributed by atoms with Crippen molar-refractivity contribution in [2.24, 2.45) is 0 Å². The van der Waals surface area contributed by atoms with Gasteiger partial charge in [0.25, 0.3) is 0 Å². The molecule has 0 aliphatic carbocycles. The lowest BCUT2D eigenvalue weighted by molar-refractivity contribution is 0.867. The molecule has 0 amide bonds. The van der Waals surface area contributed by atoms with Gasteiger partial charge < -0.3 is 5.32 Å². The second-order valence-corrected chi connectivity index (χ2v) is 5.59. The Morgan fingerprint density at radius 2 is 1.89 bits per heavy atom. The molecule has 0 bridgehead atoms. The number of nitrogens with zero attached hydrogens (tertiary/aromatic N) is 2. The van der Waals surface area contributed by atoms with Gasteiger partial charge in [-0.25, -0.2) is 0 Å². The van der Waals surface area contributed by atoms with Gasteiger partial charge in [0, 0.05) is 12.1 Å². The zero-order valence-corrected chi connectivity index (χ0v) is 11.9. The molecule has 96 valence electrons. The summed E-state index contributed by atoms with van der Waals surface area (Å²) in [6, 6.07) is 8.58. The normalized spacial score (nSPS) is 10.9. The molecule has 0 radical (unpaired) electrons. The van der Waals surface area contributed by atoms with Crippen molar-refractivity contribution in [3.05, 3.63) is 29.8 Å². The molecule has 1 aromatic carbocycles. The van der Waals surface area contributed by atoms with Gasteiger partial charge in [0.1, 0.15) is 5.01 Å². The molecule has 2 rings (SSSR count). The lowest BCUT2D eigenvalue weighted by atomic mass is 10.0. The van der Waals surface area contributed by atoms with Gasteiger partial charge in [-0.2, -0.15) is 0 Å². The summed E-state index contributed by atoms with van der Waals surface area (Å²) in [7, 11) is 0. The smallest absolute Gasteiger partial charge is 0.206 e. The van der Waals surface area contributed by atoms with Crippen molar-refractivity contribution in [2.75, 3.05) is 11.9 Å². The van der Waals surface area contributed by atoms with E-state index in [1.165, 1.54) is 5.56 Å². The van der Waals surface area contributed by atoms with Gasteiger partial charge >= 0.3 is 0 Å². The first kappa shape index (κ1) is 13.0. The third kappa shape index (κ3) is 3.07. The Kier molecular flexibility index (Phi) is 4.31. The minimum atomic E-state index is 0.565. The van der Waals surface area contributed by atoms with E-state index in [0.717, 1.165) is 28.7 Å². The number of benzene rings is 1. The quantitative estimate of drug-likeness (QED) is 0.878. The lowest BCUT2D eigenvalue weighted by Crippen LogP contribution is -1.98. The van der Waals surface area contributed by atoms with Crippen LogP contribution in [0.3, 0.4) is 0 Å². The molecular formula is C14H19N3S. The predicted molar refractivity (Wildman–Crippen MR) is 78.2 cm³/mol. The maximum atomic E-state index is 4.22. The van der Waals surface area contributed by atoms with Crippen molar-refractivity contribution in [2.45, 2.75) is 33.1 Å². The van der Waals surface area contributed by atoms with Crippen molar-refractivity contribution in [3.63, 3.8) is 0 Å². The maximum Gasteiger partial charge on any atom is 0.206 e. The minimum Gasteiger partial charge on any atom is -0.360 e. The van der Waals surface area contributed by atoms with E-state index in [-0.39, 0.29) is 0 Å². The third-order valence-corrected chi connectivity index (χ3v) is 3.71. The van der Waals surface area contributed by atoms with E-state index in [1.54, 1.807) is 11.3 Å². The number of hydrogen-bond donors (Lipinski definition) is 1. The van der Waals surface area contributed by atoms with Gasteiger partial charge in [-0.1, -0.05) is 56.4 Å². The molecule has 18 heavy (non-hydrogen) atoms. The van der Waals surface area contributed by atoms with E-state index in [9.17, 15) is 0 Å². The molecule has 0 unspecified atom stereocenters. The molecule has 2 aromatic rings. The first-order valence-electron chi connectivity index (χ1n) is 6.38. The van der Waals surface area contributed by atoms with Crippen molar-refractivity contribution in [1.82, 2.24) is 10.2 Å². The fraction of sp³-hybridized carbons (Fsp3) is 0.429. The van der Waals surface area contributed by atoms with Crippen LogP contribution in [0.4, 0.5) is 5.13 Å². The Morgan fingerprint density at radius 1 is 1.17 bits per heavy atom. The number of rotatable bonds is 5. The third-order valence-electron chi connectivity index (χ3n) is 2.78. The molecular weight excluding hydrogens is 242 g/mol. The van der Waals surface area contributed by atoms with E-state index in [4.69, 9.17) is 0 Å². The van der Waals surface area contributed by atoms with E-state index in [1.807, 2.05) is 0 Å². The fourth-order valence-electron chi connectivity index (χ4n) is 1.65. The van der Waals surface area contributed by atoms with Crippen LogP contribution in [0.1, 0.15) is 38.7 Å². The second kappa shape index (κ2) is 5.96. The standard InChI is InChI=1S/C14H19N3S/c1-4-9-15-14-17-16-13(18-14)12-7-5-11(6-8-12)10(2)3/h5-8,10H,4,9H2,1-3H3,(H,15,17). The Balaban J connectivity index is 2.13. The van der Waals surface area contributed by atoms with Crippen molar-refractivity contribution >= 4 is 16.5 Å². The summed E-state index contributed by atoms with van der Waals surface area (Å²) >= 11 is 1.61. The van der Waals surface area contributed by atoms with Gasteiger partial charge in [-0.05, 0) is 17.9 Å². The molecule has 1 heterocycles. The average molecular weight is 261 g/mol. The van der Waals surface area contributed by atoms with Crippen LogP contribution in [0, 0.1) is 0 Å². The average Bonchev–Trinajstić information content (AvgIpc) is 2.85. The zero-order valence-electron chi connectivity index (χ0n) is 11.1. The molecule has 0 aliphatic heterocycles. The molecule has 3 nitrogen and oxygen atoms in total. The highest BCUT2D eigenvalue weighted by molar-refractivity contribution is 7.18. The molecule has 4 heteroatoms. The summed E-state index contributed by atoms with van der Waals surface area (Å²) in [4.78, 5) is 0. The molecule has 0 saturated heterocycles. The molecule has 0 fully saturated rings. The second-order valence-electron chi connectivity index (χ2n) is 4.62. The van der Waals surface area contributed by atoms with Crippen LogP contribution in [-0.4, -0.2) is 16.7 Å². The van der Waals surface area contributed by atoms with E-state index in [2.05, 4.69) is 60.6 Å². The van der Waals surface area contributed by atoms with Gasteiger partial charge in [0.2, 0.25) is 5.13 Å². The van der Waals surface area contributed by atoms with Gasteiger partial charge in [-0.3, -0.25) is 0 Å². The number of nitrogens with one attached hydrogen (secondary N) is 1. The Hall–Kier alpha value is -1.42. The number of hydrogen-bond acceptors (Lipinski definition) is 4. The SMILES string of the molecule is CCCNc1nnc(-c2ccc(C(C)C)cc2)s1. The van der Waals surface area contributed by atoms with Crippen molar-refractivity contribution < 1.29 is 0 Å². The molecule has 0 aliphatic rings. The highest BCUT2D eigenvalue weighted by atomic mass is 32.1. The Morgan fingerprint density at radius 3 is 2.50 bits per heavy atom. The Bertz CT molecular complexity index is 488. The van der Waals surface area contributed by atoms with Crippen LogP contribution in [0.25, 0.3) is 10.6 Å². The van der Waals surface area contributed by atoms with Crippen LogP contribution < -0.4 is 5.32 Å². The largest absolute Gasteiger partial charge is 0.360 e. The van der Waals surface area contributed by atoms with E-state index in [0.29, 0.717) is 5.92 Å². The Labute approximate surface area is 112 Å². The maximum absolute atomic E-state index is 4.22. The van der Waals surface area contributed by atoms with Crippen LogP contribution in [0.15, 0.2) is 24.3 Å². The summed E-state index contributed by atoms with van der Waals surface area (Å²) in [5.41, 5.74) is 2.49. The summed E-state index contributed by atoms with van der Waals surface area (Å²) in [5, 5.41) is 13.5. The van der Waals surface area contributed by atoms with E-state index < -0.39 is 0 Å². The fourth-order valence-corrected chi connectivity index (χ4v) is 2.43. The molecule has 0 saturated carbocycles. The van der Waals surface area contributed by atoms with Gasteiger partial charge in [0.15, 0.2) is 0 Å². The summed E-state index contributed by atoms with van der Waals surface area (Å²) in [6.07, 6.45) is 1.10. The molecule has 0 atom stereocenters. The first-order valence-corrected chi connectivity index (χ1v) is 7.20. The predicted octanol–water partition coefficient (Wildman–Crippen LogP) is 4.15. The monoisotopic (exact) mass is 261 g/mol. The van der Waals surface area contributed by atoms with Crippen LogP contribution in [0.2, 0.25) is 0 Å². The number of aromatic nitrogens is 2. The molecule has 1 N–H and O–H groups in total. The summed E-state index contributed by atoms with van der Waals surface area (Å²) in [5.74, 6) is 0.565. The summed E-state index contributed by atoms with van der Waals surface area (Å²) in [6.45, 7) is 7.49. The van der Waals surface area contributed by atoms with Crippen LogP contribution >= 0.6 is 11.3 Å². The molecule has 0 spiro atoms. The number of anilines is 1. The summed E-state index contributed by atoms with van der Waals surface area (Å²) < 4.78 is 0. The minimum absolute atomic E-state index is 0.565. The van der Waals surface area contributed by atoms with Gasteiger partial charge in [-0.15, -0.1) is 10.2 Å².